The van der Waals surface area contributed by atoms with Crippen LogP contribution in [0.25, 0.3) is 0 Å². The zero-order chi connectivity index (χ0) is 32.6. The third kappa shape index (κ3) is 11.0. The van der Waals surface area contributed by atoms with Crippen LogP contribution in [0, 0.1) is 5.92 Å². The Morgan fingerprint density at radius 1 is 0.711 bits per heavy atom. The molecule has 3 aromatic carbocycles. The quantitative estimate of drug-likeness (QED) is 0.0903. The molecule has 0 aliphatic heterocycles. The van der Waals surface area contributed by atoms with Crippen LogP contribution in [0.4, 0.5) is 0 Å². The highest BCUT2D eigenvalue weighted by Gasteiger charge is 2.25. The van der Waals surface area contributed by atoms with E-state index in [4.69, 9.17) is 11.5 Å². The minimum absolute atomic E-state index is 0.0822. The number of rotatable bonds is 19. The first-order valence-electron chi connectivity index (χ1n) is 15.9. The second-order valence-corrected chi connectivity index (χ2v) is 13.7. The van der Waals surface area contributed by atoms with E-state index in [1.165, 1.54) is 0 Å². The summed E-state index contributed by atoms with van der Waals surface area (Å²) in [5, 5.41) is 8.99. The van der Waals surface area contributed by atoms with Gasteiger partial charge in [0.25, 0.3) is 11.8 Å². The number of carbonyl (C=O) groups excluding carboxylic acids is 4. The van der Waals surface area contributed by atoms with Crippen molar-refractivity contribution >= 4 is 47.2 Å². The van der Waals surface area contributed by atoms with Gasteiger partial charge < -0.3 is 22.1 Å². The summed E-state index contributed by atoms with van der Waals surface area (Å²) in [6.45, 7) is 5.26. The molecule has 2 amide bonds. The predicted octanol–water partition coefficient (Wildman–Crippen LogP) is 3.72. The van der Waals surface area contributed by atoms with Crippen LogP contribution in [-0.2, 0) is 9.59 Å². The normalized spacial score (nSPS) is 11.8. The number of ketones is 2. The number of nitrogens with one attached hydrogen (secondary N) is 2. The average molecular weight is 631 g/mol. The molecule has 3 aromatic rings. The third-order valence-electron chi connectivity index (χ3n) is 7.60. The van der Waals surface area contributed by atoms with E-state index >= 15 is 0 Å². The van der Waals surface area contributed by atoms with Crippen LogP contribution >= 0.6 is 7.92 Å². The first kappa shape index (κ1) is 35.8. The fourth-order valence-corrected chi connectivity index (χ4v) is 7.36. The van der Waals surface area contributed by atoms with Crippen molar-refractivity contribution in [1.29, 1.82) is 0 Å². The van der Waals surface area contributed by atoms with Gasteiger partial charge in [-0.25, -0.2) is 0 Å². The molecule has 0 saturated heterocycles. The summed E-state index contributed by atoms with van der Waals surface area (Å²) in [6, 6.07) is 24.7. The molecule has 0 aliphatic carbocycles. The van der Waals surface area contributed by atoms with Crippen molar-refractivity contribution < 1.29 is 19.2 Å². The minimum Gasteiger partial charge on any atom is -0.352 e. The second-order valence-electron chi connectivity index (χ2n) is 11.5. The summed E-state index contributed by atoms with van der Waals surface area (Å²) in [7, 11) is -1.14. The zero-order valence-electron chi connectivity index (χ0n) is 26.5. The van der Waals surface area contributed by atoms with E-state index in [2.05, 4.69) is 34.9 Å². The van der Waals surface area contributed by atoms with Crippen LogP contribution in [0.3, 0.4) is 0 Å². The lowest BCUT2D eigenvalue weighted by Gasteiger charge is -2.23. The van der Waals surface area contributed by atoms with Gasteiger partial charge in [0.15, 0.2) is 5.78 Å². The minimum atomic E-state index is -1.14. The van der Waals surface area contributed by atoms with Gasteiger partial charge in [-0.1, -0.05) is 87.4 Å². The highest BCUT2D eigenvalue weighted by molar-refractivity contribution is 7.80. The number of Topliss-reactive ketones (excluding diaryl/α,β-unsaturated/α-hetero) is 2. The molecule has 3 rings (SSSR count). The molecule has 0 fully saturated rings. The first-order chi connectivity index (χ1) is 21.7. The van der Waals surface area contributed by atoms with Crippen molar-refractivity contribution in [3.63, 3.8) is 0 Å². The van der Waals surface area contributed by atoms with Crippen molar-refractivity contribution in [3.8, 4) is 0 Å². The summed E-state index contributed by atoms with van der Waals surface area (Å²) in [5.74, 6) is -1.41. The second kappa shape index (κ2) is 18.9. The number of benzene rings is 3. The molecular formula is C36H47N4O4P. The molecule has 0 saturated carbocycles. The van der Waals surface area contributed by atoms with E-state index in [1.54, 1.807) is 12.1 Å². The van der Waals surface area contributed by atoms with Crippen LogP contribution in [0.1, 0.15) is 79.5 Å². The first-order valence-corrected chi connectivity index (χ1v) is 17.2. The lowest BCUT2D eigenvalue weighted by Crippen LogP contribution is -2.40. The molecule has 0 heterocycles. The lowest BCUT2D eigenvalue weighted by atomic mass is 9.96. The topological polar surface area (TPSA) is 144 Å². The van der Waals surface area contributed by atoms with Crippen LogP contribution in [0.5, 0.6) is 0 Å². The zero-order valence-corrected chi connectivity index (χ0v) is 27.4. The summed E-state index contributed by atoms with van der Waals surface area (Å²) in [6.07, 6.45) is 4.80. The van der Waals surface area contributed by atoms with Gasteiger partial charge in [-0.2, -0.15) is 0 Å². The van der Waals surface area contributed by atoms with Gasteiger partial charge in [0, 0.05) is 30.6 Å². The third-order valence-corrected chi connectivity index (χ3v) is 10.1. The number of unbranched alkanes of at least 4 members (excludes halogenated alkanes) is 4. The van der Waals surface area contributed by atoms with Crippen molar-refractivity contribution in [2.24, 2.45) is 17.4 Å². The van der Waals surface area contributed by atoms with E-state index in [0.29, 0.717) is 50.0 Å². The van der Waals surface area contributed by atoms with Crippen LogP contribution in [-0.4, -0.2) is 49.1 Å². The molecule has 0 radical (unpaired) electrons. The Hall–Kier alpha value is -3.71. The van der Waals surface area contributed by atoms with E-state index in [1.807, 2.05) is 56.3 Å². The molecule has 45 heavy (non-hydrogen) atoms. The Labute approximate surface area is 268 Å². The predicted molar refractivity (Wildman–Crippen MR) is 184 cm³/mol. The van der Waals surface area contributed by atoms with Gasteiger partial charge in [-0.15, -0.1) is 0 Å². The lowest BCUT2D eigenvalue weighted by molar-refractivity contribution is -0.137. The van der Waals surface area contributed by atoms with Gasteiger partial charge >= 0.3 is 0 Å². The summed E-state index contributed by atoms with van der Waals surface area (Å²) < 4.78 is 0. The molecule has 1 atom stereocenters. The molecule has 0 unspecified atom stereocenters. The highest BCUT2D eigenvalue weighted by atomic mass is 31.1. The Kier molecular flexibility index (Phi) is 15.1. The molecule has 0 bridgehead atoms. The van der Waals surface area contributed by atoms with Crippen LogP contribution in [0.15, 0.2) is 78.9 Å². The summed E-state index contributed by atoms with van der Waals surface area (Å²) >= 11 is 0. The molecule has 0 aliphatic rings. The van der Waals surface area contributed by atoms with Crippen molar-refractivity contribution in [2.45, 2.75) is 64.8 Å². The smallest absolute Gasteiger partial charge is 0.251 e. The summed E-state index contributed by atoms with van der Waals surface area (Å²) in [5.41, 5.74) is 12.4. The largest absolute Gasteiger partial charge is 0.352 e. The van der Waals surface area contributed by atoms with E-state index in [9.17, 15) is 19.2 Å². The maximum atomic E-state index is 13.6. The summed E-state index contributed by atoms with van der Waals surface area (Å²) in [4.78, 5) is 51.1. The number of amides is 2. The Bertz CT molecular complexity index is 1360. The highest BCUT2D eigenvalue weighted by Crippen LogP contribution is 2.34. The number of nitrogens with two attached hydrogens (primary N) is 2. The van der Waals surface area contributed by atoms with Gasteiger partial charge in [-0.3, -0.25) is 19.2 Å². The van der Waals surface area contributed by atoms with E-state index < -0.39 is 25.5 Å². The van der Waals surface area contributed by atoms with Gasteiger partial charge in [0.1, 0.15) is 0 Å². The standard InChI is InChI=1S/C36H47N4O4P/c1-26(2)33(38)34(42)31(41)19-11-5-13-24-40-36(44)30-21-20-27(35(43)39-23-14-6-12-22-37)25-32(30)45(28-15-7-3-8-16-28)29-17-9-4-10-18-29/h3-4,7-10,15-18,20-21,25-26,33H,5-6,11-14,19,22-24,37-38H2,1-2H3,(H,39,43)(H,40,44)/t33-/m0/s1. The fourth-order valence-electron chi connectivity index (χ4n) is 4.88. The monoisotopic (exact) mass is 630 g/mol. The van der Waals surface area contributed by atoms with Gasteiger partial charge in [0.2, 0.25) is 5.78 Å². The molecule has 9 heteroatoms. The molecule has 240 valence electrons. The Morgan fingerprint density at radius 3 is 1.82 bits per heavy atom. The molecule has 6 N–H and O–H groups in total. The maximum absolute atomic E-state index is 13.6. The van der Waals surface area contributed by atoms with Crippen molar-refractivity contribution in [2.75, 3.05) is 19.6 Å². The SMILES string of the molecule is CC(C)[C@H](N)C(=O)C(=O)CCCCCNC(=O)c1ccc(C(=O)NCCCCCN)cc1P(c1ccccc1)c1ccccc1. The van der Waals surface area contributed by atoms with Crippen LogP contribution < -0.4 is 38.0 Å². The van der Waals surface area contributed by atoms with Gasteiger partial charge in [-0.05, 0) is 80.2 Å². The van der Waals surface area contributed by atoms with E-state index in [0.717, 1.165) is 35.2 Å². The van der Waals surface area contributed by atoms with Crippen LogP contribution in [0.2, 0.25) is 0 Å². The molecule has 0 aromatic heterocycles. The molecule has 0 spiro atoms. The number of hydrogen-bond donors (Lipinski definition) is 4. The molecule has 8 nitrogen and oxygen atoms in total. The Morgan fingerprint density at radius 2 is 1.27 bits per heavy atom. The molecular weight excluding hydrogens is 583 g/mol. The van der Waals surface area contributed by atoms with Crippen molar-refractivity contribution in [3.05, 3.63) is 90.0 Å². The van der Waals surface area contributed by atoms with E-state index in [-0.39, 0.29) is 24.2 Å². The van der Waals surface area contributed by atoms with Crippen molar-refractivity contribution in [1.82, 2.24) is 10.6 Å². The number of carbonyl (C=O) groups is 4. The maximum Gasteiger partial charge on any atom is 0.251 e. The van der Waals surface area contributed by atoms with Gasteiger partial charge in [0.05, 0.1) is 6.04 Å². The average Bonchev–Trinajstić information content (AvgIpc) is 3.06. The fraction of sp³-hybridized carbons (Fsp3) is 0.389. The number of hydrogen-bond acceptors (Lipinski definition) is 6. The Balaban J connectivity index is 1.76.